The van der Waals surface area contributed by atoms with Crippen LogP contribution in [0.25, 0.3) is 11.1 Å². The van der Waals surface area contributed by atoms with Crippen molar-refractivity contribution >= 4 is 29.2 Å². The van der Waals surface area contributed by atoms with Crippen molar-refractivity contribution in [2.75, 3.05) is 0 Å². The highest BCUT2D eigenvalue weighted by atomic mass is 79.9. The van der Waals surface area contributed by atoms with Gasteiger partial charge in [0.25, 0.3) is 0 Å². The summed E-state index contributed by atoms with van der Waals surface area (Å²) < 4.78 is 0.729. The van der Waals surface area contributed by atoms with Crippen LogP contribution in [-0.2, 0) is 0 Å². The van der Waals surface area contributed by atoms with Gasteiger partial charge in [-0.2, -0.15) is 0 Å². The SMILES string of the molecule is [B]c1cc(C)cc(O)c1-c1cc(O)cc(Br)c1. The molecular formula is C13H10BBrO2. The van der Waals surface area contributed by atoms with Crippen LogP contribution in [0.5, 0.6) is 11.5 Å². The maximum Gasteiger partial charge on any atom is 0.123 e. The third-order valence-corrected chi connectivity index (χ3v) is 2.92. The van der Waals surface area contributed by atoms with Crippen LogP contribution in [0.15, 0.2) is 34.8 Å². The average molecular weight is 289 g/mol. The van der Waals surface area contributed by atoms with Gasteiger partial charge in [0, 0.05) is 10.0 Å². The van der Waals surface area contributed by atoms with E-state index in [2.05, 4.69) is 15.9 Å². The van der Waals surface area contributed by atoms with Crippen LogP contribution in [0.3, 0.4) is 0 Å². The lowest BCUT2D eigenvalue weighted by Gasteiger charge is -2.11. The smallest absolute Gasteiger partial charge is 0.123 e. The molecule has 0 aromatic heterocycles. The molecule has 2 aromatic carbocycles. The summed E-state index contributed by atoms with van der Waals surface area (Å²) in [5.74, 6) is 0.230. The molecule has 17 heavy (non-hydrogen) atoms. The molecule has 2 aromatic rings. The van der Waals surface area contributed by atoms with E-state index in [1.165, 1.54) is 0 Å². The highest BCUT2D eigenvalue weighted by Gasteiger charge is 2.10. The van der Waals surface area contributed by atoms with Crippen molar-refractivity contribution in [2.45, 2.75) is 6.92 Å². The number of rotatable bonds is 1. The monoisotopic (exact) mass is 288 g/mol. The number of hydrogen-bond donors (Lipinski definition) is 2. The lowest BCUT2D eigenvalue weighted by Crippen LogP contribution is -2.07. The van der Waals surface area contributed by atoms with Crippen LogP contribution in [0, 0.1) is 6.92 Å². The summed E-state index contributed by atoms with van der Waals surface area (Å²) in [6.45, 7) is 1.86. The quantitative estimate of drug-likeness (QED) is 0.792. The molecule has 84 valence electrons. The molecule has 0 heterocycles. The summed E-state index contributed by atoms with van der Waals surface area (Å²) in [4.78, 5) is 0. The fourth-order valence-corrected chi connectivity index (χ4v) is 2.31. The lowest BCUT2D eigenvalue weighted by atomic mass is 9.85. The summed E-state index contributed by atoms with van der Waals surface area (Å²) in [6.07, 6.45) is 0. The van der Waals surface area contributed by atoms with E-state index >= 15 is 0 Å². The van der Waals surface area contributed by atoms with Gasteiger partial charge < -0.3 is 10.2 Å². The minimum atomic E-state index is 0.111. The Morgan fingerprint density at radius 3 is 2.35 bits per heavy atom. The Bertz CT molecular complexity index is 538. The summed E-state index contributed by atoms with van der Waals surface area (Å²) >= 11 is 3.29. The molecule has 2 rings (SSSR count). The molecule has 0 aliphatic heterocycles. The van der Waals surface area contributed by atoms with E-state index in [0.29, 0.717) is 16.6 Å². The molecule has 2 nitrogen and oxygen atoms in total. The lowest BCUT2D eigenvalue weighted by molar-refractivity contribution is 0.474. The van der Waals surface area contributed by atoms with Crippen molar-refractivity contribution in [3.8, 4) is 22.6 Å². The molecule has 0 unspecified atom stereocenters. The number of aromatic hydroxyl groups is 2. The fourth-order valence-electron chi connectivity index (χ4n) is 1.83. The topological polar surface area (TPSA) is 40.5 Å². The normalized spacial score (nSPS) is 10.5. The number of halogens is 1. The van der Waals surface area contributed by atoms with E-state index in [1.807, 2.05) is 6.92 Å². The maximum absolute atomic E-state index is 9.93. The number of aryl methyl sites for hydroxylation is 1. The van der Waals surface area contributed by atoms with Crippen molar-refractivity contribution < 1.29 is 10.2 Å². The molecule has 0 amide bonds. The Kier molecular flexibility index (Phi) is 3.16. The van der Waals surface area contributed by atoms with Crippen molar-refractivity contribution in [3.63, 3.8) is 0 Å². The molecule has 0 saturated carbocycles. The third kappa shape index (κ3) is 2.47. The van der Waals surface area contributed by atoms with E-state index in [4.69, 9.17) is 7.85 Å². The minimum Gasteiger partial charge on any atom is -0.508 e. The molecule has 4 heteroatoms. The Hall–Kier alpha value is -1.42. The van der Waals surface area contributed by atoms with E-state index < -0.39 is 0 Å². The number of hydrogen-bond acceptors (Lipinski definition) is 2. The van der Waals surface area contributed by atoms with E-state index in [0.717, 1.165) is 10.0 Å². The first-order valence-electron chi connectivity index (χ1n) is 5.06. The molecular weight excluding hydrogens is 279 g/mol. The van der Waals surface area contributed by atoms with Gasteiger partial charge in [0.1, 0.15) is 19.3 Å². The van der Waals surface area contributed by atoms with Gasteiger partial charge in [0.15, 0.2) is 0 Å². The van der Waals surface area contributed by atoms with Crippen LogP contribution in [0.4, 0.5) is 0 Å². The molecule has 0 fully saturated rings. The highest BCUT2D eigenvalue weighted by molar-refractivity contribution is 9.10. The van der Waals surface area contributed by atoms with Gasteiger partial charge in [-0.25, -0.2) is 0 Å². The predicted octanol–water partition coefficient (Wildman–Crippen LogP) is 2.63. The molecule has 0 spiro atoms. The van der Waals surface area contributed by atoms with Gasteiger partial charge in [0.2, 0.25) is 0 Å². The van der Waals surface area contributed by atoms with Gasteiger partial charge in [-0.1, -0.05) is 27.5 Å². The number of phenols is 2. The number of benzene rings is 2. The summed E-state index contributed by atoms with van der Waals surface area (Å²) in [7, 11) is 5.90. The van der Waals surface area contributed by atoms with Gasteiger partial charge in [-0.15, -0.1) is 0 Å². The zero-order chi connectivity index (χ0) is 12.6. The fraction of sp³-hybridized carbons (Fsp3) is 0.0769. The van der Waals surface area contributed by atoms with Crippen molar-refractivity contribution in [2.24, 2.45) is 0 Å². The molecule has 0 aliphatic carbocycles. The van der Waals surface area contributed by atoms with E-state index in [1.54, 1.807) is 30.3 Å². The first kappa shape index (κ1) is 12.1. The largest absolute Gasteiger partial charge is 0.508 e. The van der Waals surface area contributed by atoms with Crippen LogP contribution in [-0.4, -0.2) is 18.1 Å². The first-order valence-corrected chi connectivity index (χ1v) is 5.85. The summed E-state index contributed by atoms with van der Waals surface area (Å²) in [5.41, 5.74) is 2.59. The third-order valence-electron chi connectivity index (χ3n) is 2.46. The zero-order valence-electron chi connectivity index (χ0n) is 9.24. The zero-order valence-corrected chi connectivity index (χ0v) is 10.8. The second-order valence-corrected chi connectivity index (χ2v) is 4.86. The van der Waals surface area contributed by atoms with E-state index in [9.17, 15) is 10.2 Å². The van der Waals surface area contributed by atoms with Crippen LogP contribution in [0.2, 0.25) is 0 Å². The molecule has 0 bridgehead atoms. The van der Waals surface area contributed by atoms with Crippen molar-refractivity contribution in [1.82, 2.24) is 0 Å². The summed E-state index contributed by atoms with van der Waals surface area (Å²) in [5, 5.41) is 19.5. The van der Waals surface area contributed by atoms with Gasteiger partial charge in [-0.05, 0) is 42.3 Å². The molecule has 0 aliphatic rings. The van der Waals surface area contributed by atoms with E-state index in [-0.39, 0.29) is 11.5 Å². The Labute approximate surface area is 109 Å². The van der Waals surface area contributed by atoms with Gasteiger partial charge in [-0.3, -0.25) is 0 Å². The van der Waals surface area contributed by atoms with Crippen LogP contribution >= 0.6 is 15.9 Å². The predicted molar refractivity (Wildman–Crippen MR) is 73.0 cm³/mol. The van der Waals surface area contributed by atoms with Crippen molar-refractivity contribution in [3.05, 3.63) is 40.4 Å². The van der Waals surface area contributed by atoms with Gasteiger partial charge >= 0.3 is 0 Å². The Balaban J connectivity index is 2.68. The van der Waals surface area contributed by atoms with Crippen molar-refractivity contribution in [1.29, 1.82) is 0 Å². The first-order chi connectivity index (χ1) is 7.97. The molecule has 0 atom stereocenters. The molecule has 2 N–H and O–H groups in total. The maximum atomic E-state index is 9.93. The van der Waals surface area contributed by atoms with Crippen LogP contribution in [0.1, 0.15) is 5.56 Å². The van der Waals surface area contributed by atoms with Crippen LogP contribution < -0.4 is 5.46 Å². The molecule has 0 saturated heterocycles. The minimum absolute atomic E-state index is 0.111. The van der Waals surface area contributed by atoms with Gasteiger partial charge in [0.05, 0.1) is 0 Å². The second-order valence-electron chi connectivity index (χ2n) is 3.95. The average Bonchev–Trinajstić information content (AvgIpc) is 2.13. The Morgan fingerprint density at radius 2 is 1.76 bits per heavy atom. The second kappa shape index (κ2) is 4.45. The molecule has 2 radical (unpaired) electrons. The Morgan fingerprint density at radius 1 is 1.06 bits per heavy atom. The summed E-state index contributed by atoms with van der Waals surface area (Å²) in [6, 6.07) is 8.35. The standard InChI is InChI=1S/C13H10BBrO2/c1-7-2-11(14)13(12(17)3-7)8-4-9(15)6-10(16)5-8/h2-6,16-17H,1H3. The highest BCUT2D eigenvalue weighted by Crippen LogP contribution is 2.32. The number of phenolic OH excluding ortho intramolecular Hbond substituents is 2.